The van der Waals surface area contributed by atoms with Gasteiger partial charge in [-0.2, -0.15) is 0 Å². The molecule has 1 aromatic carbocycles. The van der Waals surface area contributed by atoms with Crippen molar-refractivity contribution in [2.24, 2.45) is 5.73 Å². The summed E-state index contributed by atoms with van der Waals surface area (Å²) in [7, 11) is 0. The van der Waals surface area contributed by atoms with Gasteiger partial charge in [0.2, 0.25) is 0 Å². The molecule has 0 saturated carbocycles. The molecule has 3 heteroatoms. The van der Waals surface area contributed by atoms with Gasteiger partial charge in [0.25, 0.3) is 0 Å². The summed E-state index contributed by atoms with van der Waals surface area (Å²) in [6, 6.07) is 6.24. The molecule has 1 atom stereocenters. The van der Waals surface area contributed by atoms with Crippen molar-refractivity contribution >= 4 is 11.6 Å². The van der Waals surface area contributed by atoms with E-state index in [1.54, 1.807) is 0 Å². The van der Waals surface area contributed by atoms with Gasteiger partial charge in [-0.25, -0.2) is 0 Å². The summed E-state index contributed by atoms with van der Waals surface area (Å²) in [5.74, 6) is 0.818. The first kappa shape index (κ1) is 11.5. The number of aryl methyl sites for hydroxylation is 1. The van der Waals surface area contributed by atoms with E-state index < -0.39 is 0 Å². The molecule has 0 amide bonds. The molecule has 0 unspecified atom stereocenters. The van der Waals surface area contributed by atoms with Crippen molar-refractivity contribution in [1.82, 2.24) is 0 Å². The fourth-order valence-electron chi connectivity index (χ4n) is 2.07. The SMILES string of the molecule is C=C(Cl)COc1ccc2c(c1)[C@@H](N)CCC2. The van der Waals surface area contributed by atoms with E-state index in [0.717, 1.165) is 18.6 Å². The van der Waals surface area contributed by atoms with Gasteiger partial charge >= 0.3 is 0 Å². The predicted molar refractivity (Wildman–Crippen MR) is 66.8 cm³/mol. The Morgan fingerprint density at radius 1 is 1.56 bits per heavy atom. The van der Waals surface area contributed by atoms with Gasteiger partial charge in [0.1, 0.15) is 12.4 Å². The highest BCUT2D eigenvalue weighted by molar-refractivity contribution is 6.29. The Bertz CT molecular complexity index is 403. The van der Waals surface area contributed by atoms with Crippen LogP contribution in [0.15, 0.2) is 29.8 Å². The van der Waals surface area contributed by atoms with Crippen molar-refractivity contribution in [3.8, 4) is 5.75 Å². The molecule has 0 fully saturated rings. The highest BCUT2D eigenvalue weighted by Gasteiger charge is 2.17. The molecule has 0 saturated heterocycles. The Kier molecular flexibility index (Phi) is 3.52. The van der Waals surface area contributed by atoms with Crippen LogP contribution in [0.5, 0.6) is 5.75 Å². The molecule has 1 aromatic rings. The highest BCUT2D eigenvalue weighted by Crippen LogP contribution is 2.30. The molecule has 2 N–H and O–H groups in total. The van der Waals surface area contributed by atoms with E-state index in [9.17, 15) is 0 Å². The third-order valence-corrected chi connectivity index (χ3v) is 2.98. The van der Waals surface area contributed by atoms with Crippen LogP contribution in [0.4, 0.5) is 0 Å². The second-order valence-electron chi connectivity index (χ2n) is 4.17. The van der Waals surface area contributed by atoms with Crippen molar-refractivity contribution in [2.75, 3.05) is 6.61 Å². The summed E-state index contributed by atoms with van der Waals surface area (Å²) >= 11 is 5.66. The largest absolute Gasteiger partial charge is 0.488 e. The summed E-state index contributed by atoms with van der Waals surface area (Å²) in [5, 5.41) is 0.502. The van der Waals surface area contributed by atoms with Gasteiger partial charge in [-0.3, -0.25) is 0 Å². The van der Waals surface area contributed by atoms with E-state index in [-0.39, 0.29) is 6.04 Å². The van der Waals surface area contributed by atoms with Gasteiger partial charge in [0.15, 0.2) is 0 Å². The second-order valence-corrected chi connectivity index (χ2v) is 4.70. The number of hydrogen-bond donors (Lipinski definition) is 1. The van der Waals surface area contributed by atoms with Crippen LogP contribution in [-0.2, 0) is 6.42 Å². The number of fused-ring (bicyclic) bond motifs is 1. The lowest BCUT2D eigenvalue weighted by molar-refractivity contribution is 0.358. The third-order valence-electron chi connectivity index (χ3n) is 2.87. The minimum atomic E-state index is 0.145. The van der Waals surface area contributed by atoms with Crippen molar-refractivity contribution in [1.29, 1.82) is 0 Å². The monoisotopic (exact) mass is 237 g/mol. The van der Waals surface area contributed by atoms with E-state index in [4.69, 9.17) is 22.1 Å². The molecule has 16 heavy (non-hydrogen) atoms. The van der Waals surface area contributed by atoms with Gasteiger partial charge in [-0.05, 0) is 42.5 Å². The maximum Gasteiger partial charge on any atom is 0.123 e. The molecule has 1 aliphatic carbocycles. The average molecular weight is 238 g/mol. The molecule has 2 nitrogen and oxygen atoms in total. The van der Waals surface area contributed by atoms with Gasteiger partial charge in [-0.15, -0.1) is 0 Å². The molecular formula is C13H16ClNO. The standard InChI is InChI=1S/C13H16ClNO/c1-9(14)8-16-11-6-5-10-3-2-4-13(15)12(10)7-11/h5-7,13H,1-4,8,15H2/t13-/m0/s1. The summed E-state index contributed by atoms with van der Waals surface area (Å²) in [4.78, 5) is 0. The smallest absolute Gasteiger partial charge is 0.123 e. The van der Waals surface area contributed by atoms with E-state index in [2.05, 4.69) is 12.6 Å². The van der Waals surface area contributed by atoms with Crippen LogP contribution in [0.2, 0.25) is 0 Å². The van der Waals surface area contributed by atoms with Crippen molar-refractivity contribution in [3.63, 3.8) is 0 Å². The second kappa shape index (κ2) is 4.89. The minimum Gasteiger partial charge on any atom is -0.488 e. The number of rotatable bonds is 3. The topological polar surface area (TPSA) is 35.2 Å². The Labute approximate surface area is 101 Å². The maximum atomic E-state index is 6.07. The molecule has 0 aromatic heterocycles. The van der Waals surface area contributed by atoms with Crippen LogP contribution in [0, 0.1) is 0 Å². The van der Waals surface area contributed by atoms with Crippen LogP contribution in [0.25, 0.3) is 0 Å². The van der Waals surface area contributed by atoms with E-state index in [1.807, 2.05) is 12.1 Å². The molecule has 0 bridgehead atoms. The van der Waals surface area contributed by atoms with Crippen molar-refractivity contribution in [3.05, 3.63) is 40.9 Å². The molecular weight excluding hydrogens is 222 g/mol. The van der Waals surface area contributed by atoms with Crippen LogP contribution in [0.3, 0.4) is 0 Å². The van der Waals surface area contributed by atoms with Crippen molar-refractivity contribution < 1.29 is 4.74 Å². The lowest BCUT2D eigenvalue weighted by atomic mass is 9.88. The zero-order chi connectivity index (χ0) is 11.5. The summed E-state index contributed by atoms with van der Waals surface area (Å²) < 4.78 is 5.49. The van der Waals surface area contributed by atoms with Gasteiger partial charge in [0.05, 0.1) is 0 Å². The average Bonchev–Trinajstić information content (AvgIpc) is 2.27. The van der Waals surface area contributed by atoms with Crippen molar-refractivity contribution in [2.45, 2.75) is 25.3 Å². The van der Waals surface area contributed by atoms with Crippen LogP contribution < -0.4 is 10.5 Å². The maximum absolute atomic E-state index is 6.07. The number of hydrogen-bond acceptors (Lipinski definition) is 2. The number of ether oxygens (including phenoxy) is 1. The first-order valence-electron chi connectivity index (χ1n) is 5.51. The van der Waals surface area contributed by atoms with E-state index in [1.165, 1.54) is 17.5 Å². The summed E-state index contributed by atoms with van der Waals surface area (Å²) in [6.07, 6.45) is 3.34. The molecule has 2 rings (SSSR count). The minimum absolute atomic E-state index is 0.145. The fraction of sp³-hybridized carbons (Fsp3) is 0.385. The summed E-state index contributed by atoms with van der Waals surface area (Å²) in [5.41, 5.74) is 8.63. The van der Waals surface area contributed by atoms with Crippen LogP contribution >= 0.6 is 11.6 Å². The number of benzene rings is 1. The molecule has 0 aliphatic heterocycles. The Balaban J connectivity index is 2.17. The van der Waals surface area contributed by atoms with E-state index in [0.29, 0.717) is 11.6 Å². The normalized spacial score (nSPS) is 19.0. The third kappa shape index (κ3) is 2.57. The molecule has 0 spiro atoms. The number of halogens is 1. The quantitative estimate of drug-likeness (QED) is 0.877. The first-order valence-corrected chi connectivity index (χ1v) is 5.89. The zero-order valence-electron chi connectivity index (χ0n) is 9.21. The van der Waals surface area contributed by atoms with Crippen LogP contribution in [0.1, 0.15) is 30.0 Å². The Morgan fingerprint density at radius 3 is 3.12 bits per heavy atom. The molecule has 0 radical (unpaired) electrons. The summed E-state index contributed by atoms with van der Waals surface area (Å²) in [6.45, 7) is 3.93. The zero-order valence-corrected chi connectivity index (χ0v) is 9.96. The number of nitrogens with two attached hydrogens (primary N) is 1. The Hall–Kier alpha value is -0.990. The van der Waals surface area contributed by atoms with Crippen LogP contribution in [-0.4, -0.2) is 6.61 Å². The molecule has 1 aliphatic rings. The molecule has 86 valence electrons. The fourth-order valence-corrected chi connectivity index (χ4v) is 2.12. The highest BCUT2D eigenvalue weighted by atomic mass is 35.5. The first-order chi connectivity index (χ1) is 7.66. The van der Waals surface area contributed by atoms with Gasteiger partial charge < -0.3 is 10.5 Å². The lowest BCUT2D eigenvalue weighted by Gasteiger charge is -2.22. The Morgan fingerprint density at radius 2 is 2.38 bits per heavy atom. The van der Waals surface area contributed by atoms with E-state index >= 15 is 0 Å². The molecule has 0 heterocycles. The van der Waals surface area contributed by atoms with Gasteiger partial charge in [0, 0.05) is 11.1 Å². The predicted octanol–water partition coefficient (Wildman–Crippen LogP) is 3.15. The van der Waals surface area contributed by atoms with Gasteiger partial charge in [-0.1, -0.05) is 24.2 Å². The lowest BCUT2D eigenvalue weighted by Crippen LogP contribution is -2.17.